The summed E-state index contributed by atoms with van der Waals surface area (Å²) < 4.78 is 7.21. The van der Waals surface area contributed by atoms with Gasteiger partial charge in [0, 0.05) is 24.5 Å². The SMILES string of the molecule is Cc1ccc(-c2ncccn2)c(C(=O)NCC(CCCCCI)c2nc3ccccc3o2)c1. The average Bonchev–Trinajstić information content (AvgIpc) is 3.28. The lowest BCUT2D eigenvalue weighted by Gasteiger charge is -2.16. The number of nitrogens with one attached hydrogen (secondary N) is 1. The first-order chi connectivity index (χ1) is 16.2. The molecule has 2 aromatic carbocycles. The number of fused-ring (bicyclic) bond motifs is 1. The second-order valence-electron chi connectivity index (χ2n) is 8.09. The van der Waals surface area contributed by atoms with Crippen LogP contribution in [0.25, 0.3) is 22.5 Å². The summed E-state index contributed by atoms with van der Waals surface area (Å²) in [6.07, 6.45) is 7.69. The van der Waals surface area contributed by atoms with Crippen molar-refractivity contribution in [3.8, 4) is 11.4 Å². The first-order valence-electron chi connectivity index (χ1n) is 11.2. The van der Waals surface area contributed by atoms with E-state index in [1.165, 1.54) is 6.42 Å². The zero-order valence-electron chi connectivity index (χ0n) is 18.6. The Hall–Kier alpha value is -2.81. The average molecular weight is 554 g/mol. The Morgan fingerprint density at radius 2 is 1.88 bits per heavy atom. The molecular formula is C26H27IN4O2. The van der Waals surface area contributed by atoms with Crippen LogP contribution in [0, 0.1) is 6.92 Å². The molecule has 2 heterocycles. The molecule has 4 aromatic rings. The van der Waals surface area contributed by atoms with Crippen LogP contribution < -0.4 is 5.32 Å². The minimum atomic E-state index is -0.144. The van der Waals surface area contributed by atoms with E-state index in [4.69, 9.17) is 9.40 Å². The number of rotatable bonds is 10. The van der Waals surface area contributed by atoms with Crippen LogP contribution in [0.5, 0.6) is 0 Å². The molecule has 4 rings (SSSR count). The fraction of sp³-hybridized carbons (Fsp3) is 0.308. The summed E-state index contributed by atoms with van der Waals surface area (Å²) in [4.78, 5) is 26.6. The number of benzene rings is 2. The summed E-state index contributed by atoms with van der Waals surface area (Å²) in [5, 5.41) is 3.12. The minimum Gasteiger partial charge on any atom is -0.440 e. The normalized spacial score (nSPS) is 12.1. The van der Waals surface area contributed by atoms with Gasteiger partial charge in [0.1, 0.15) is 5.52 Å². The first-order valence-corrected chi connectivity index (χ1v) is 12.8. The van der Waals surface area contributed by atoms with E-state index < -0.39 is 0 Å². The molecule has 1 N–H and O–H groups in total. The monoisotopic (exact) mass is 554 g/mol. The van der Waals surface area contributed by atoms with Crippen molar-refractivity contribution in [3.05, 3.63) is 77.9 Å². The van der Waals surface area contributed by atoms with Crippen molar-refractivity contribution in [1.82, 2.24) is 20.3 Å². The van der Waals surface area contributed by atoms with Crippen LogP contribution in [0.15, 0.2) is 65.3 Å². The molecule has 0 aliphatic rings. The van der Waals surface area contributed by atoms with E-state index in [0.717, 1.165) is 45.9 Å². The van der Waals surface area contributed by atoms with Crippen LogP contribution in [0.3, 0.4) is 0 Å². The van der Waals surface area contributed by atoms with E-state index in [2.05, 4.69) is 37.9 Å². The molecule has 0 radical (unpaired) electrons. The minimum absolute atomic E-state index is 0.0109. The van der Waals surface area contributed by atoms with Gasteiger partial charge in [-0.15, -0.1) is 0 Å². The number of hydrogen-bond donors (Lipinski definition) is 1. The van der Waals surface area contributed by atoms with Crippen LogP contribution in [0.1, 0.15) is 53.4 Å². The number of unbranched alkanes of at least 4 members (excludes halogenated alkanes) is 2. The Morgan fingerprint density at radius 1 is 1.06 bits per heavy atom. The fourth-order valence-electron chi connectivity index (χ4n) is 3.83. The van der Waals surface area contributed by atoms with Gasteiger partial charge >= 0.3 is 0 Å². The molecule has 0 saturated heterocycles. The molecule has 6 nitrogen and oxygen atoms in total. The third kappa shape index (κ3) is 5.96. The third-order valence-corrected chi connectivity index (χ3v) is 6.34. The van der Waals surface area contributed by atoms with Gasteiger partial charge in [0.15, 0.2) is 17.3 Å². The van der Waals surface area contributed by atoms with E-state index in [9.17, 15) is 4.79 Å². The molecule has 33 heavy (non-hydrogen) atoms. The highest BCUT2D eigenvalue weighted by Crippen LogP contribution is 2.26. The summed E-state index contributed by atoms with van der Waals surface area (Å²) in [7, 11) is 0. The van der Waals surface area contributed by atoms with Crippen LogP contribution in [-0.4, -0.2) is 31.8 Å². The molecule has 0 aliphatic heterocycles. The van der Waals surface area contributed by atoms with Crippen LogP contribution >= 0.6 is 22.6 Å². The summed E-state index contributed by atoms with van der Waals surface area (Å²) in [5.41, 5.74) is 3.92. The Kier molecular flexibility index (Phi) is 8.04. The predicted molar refractivity (Wildman–Crippen MR) is 139 cm³/mol. The lowest BCUT2D eigenvalue weighted by Crippen LogP contribution is -2.29. The molecule has 0 spiro atoms. The Labute approximate surface area is 207 Å². The van der Waals surface area contributed by atoms with Crippen molar-refractivity contribution in [3.63, 3.8) is 0 Å². The maximum Gasteiger partial charge on any atom is 0.252 e. The molecule has 0 saturated carbocycles. The number of nitrogens with zero attached hydrogens (tertiary/aromatic N) is 3. The van der Waals surface area contributed by atoms with E-state index >= 15 is 0 Å². The maximum atomic E-state index is 13.3. The Balaban J connectivity index is 1.54. The molecule has 170 valence electrons. The van der Waals surface area contributed by atoms with Gasteiger partial charge in [0.25, 0.3) is 5.91 Å². The number of carbonyl (C=O) groups excluding carboxylic acids is 1. The number of amides is 1. The molecular weight excluding hydrogens is 527 g/mol. The Morgan fingerprint density at radius 3 is 2.67 bits per heavy atom. The van der Waals surface area contributed by atoms with Crippen LogP contribution in [-0.2, 0) is 0 Å². The van der Waals surface area contributed by atoms with E-state index in [-0.39, 0.29) is 11.8 Å². The summed E-state index contributed by atoms with van der Waals surface area (Å²) in [6.45, 7) is 2.43. The summed E-state index contributed by atoms with van der Waals surface area (Å²) >= 11 is 2.41. The zero-order valence-corrected chi connectivity index (χ0v) is 20.8. The number of alkyl halides is 1. The number of carbonyl (C=O) groups is 1. The highest BCUT2D eigenvalue weighted by molar-refractivity contribution is 14.1. The third-order valence-electron chi connectivity index (χ3n) is 5.58. The molecule has 1 amide bonds. The lowest BCUT2D eigenvalue weighted by atomic mass is 10.00. The predicted octanol–water partition coefficient (Wildman–Crippen LogP) is 6.10. The number of oxazole rings is 1. The van der Waals surface area contributed by atoms with E-state index in [1.807, 2.05) is 49.4 Å². The van der Waals surface area contributed by atoms with Gasteiger partial charge in [-0.1, -0.05) is 65.3 Å². The summed E-state index contributed by atoms with van der Waals surface area (Å²) in [6, 6.07) is 15.3. The number of aryl methyl sites for hydroxylation is 1. The molecule has 7 heteroatoms. The topological polar surface area (TPSA) is 80.9 Å². The van der Waals surface area contributed by atoms with Crippen molar-refractivity contribution in [2.75, 3.05) is 11.0 Å². The van der Waals surface area contributed by atoms with Gasteiger partial charge in [0.2, 0.25) is 0 Å². The number of halogens is 1. The highest BCUT2D eigenvalue weighted by Gasteiger charge is 2.21. The molecule has 2 aromatic heterocycles. The zero-order chi connectivity index (χ0) is 23.0. The van der Waals surface area contributed by atoms with Gasteiger partial charge < -0.3 is 9.73 Å². The number of para-hydroxylation sites is 2. The van der Waals surface area contributed by atoms with Gasteiger partial charge in [-0.05, 0) is 48.5 Å². The number of hydrogen-bond acceptors (Lipinski definition) is 5. The summed E-state index contributed by atoms with van der Waals surface area (Å²) in [5.74, 6) is 1.09. The fourth-order valence-corrected chi connectivity index (χ4v) is 4.37. The highest BCUT2D eigenvalue weighted by atomic mass is 127. The van der Waals surface area contributed by atoms with E-state index in [0.29, 0.717) is 23.8 Å². The van der Waals surface area contributed by atoms with Crippen LogP contribution in [0.2, 0.25) is 0 Å². The van der Waals surface area contributed by atoms with Crippen molar-refractivity contribution >= 4 is 39.6 Å². The van der Waals surface area contributed by atoms with Gasteiger partial charge in [-0.3, -0.25) is 4.79 Å². The van der Waals surface area contributed by atoms with Crippen molar-refractivity contribution in [2.45, 2.75) is 38.5 Å². The Bertz CT molecular complexity index is 1180. The second kappa shape index (κ2) is 11.4. The van der Waals surface area contributed by atoms with Crippen molar-refractivity contribution < 1.29 is 9.21 Å². The van der Waals surface area contributed by atoms with Gasteiger partial charge in [-0.25, -0.2) is 15.0 Å². The van der Waals surface area contributed by atoms with Crippen molar-refractivity contribution in [2.24, 2.45) is 0 Å². The molecule has 0 bridgehead atoms. The van der Waals surface area contributed by atoms with Crippen molar-refractivity contribution in [1.29, 1.82) is 0 Å². The standard InChI is InChI=1S/C26H27IN4O2/c1-18-11-12-20(24-28-14-7-15-29-24)21(16-18)25(32)30-17-19(8-3-2-6-13-27)26-31-22-9-4-5-10-23(22)33-26/h4-5,7,9-12,14-16,19H,2-3,6,8,13,17H2,1H3,(H,30,32). The second-order valence-corrected chi connectivity index (χ2v) is 9.17. The first kappa shape index (κ1) is 23.4. The van der Waals surface area contributed by atoms with Crippen LogP contribution in [0.4, 0.5) is 0 Å². The molecule has 0 fully saturated rings. The quantitative estimate of drug-likeness (QED) is 0.146. The molecule has 1 atom stereocenters. The number of aromatic nitrogens is 3. The maximum absolute atomic E-state index is 13.3. The van der Waals surface area contributed by atoms with Gasteiger partial charge in [0.05, 0.1) is 11.5 Å². The largest absolute Gasteiger partial charge is 0.440 e. The smallest absolute Gasteiger partial charge is 0.252 e. The van der Waals surface area contributed by atoms with Gasteiger partial charge in [-0.2, -0.15) is 0 Å². The molecule has 0 aliphatic carbocycles. The lowest BCUT2D eigenvalue weighted by molar-refractivity contribution is 0.0950. The molecule has 1 unspecified atom stereocenters. The van der Waals surface area contributed by atoms with E-state index in [1.54, 1.807) is 18.5 Å².